The molecule has 0 bridgehead atoms. The third-order valence-electron chi connectivity index (χ3n) is 4.02. The molecule has 1 heteroatoms. The van der Waals surface area contributed by atoms with Gasteiger partial charge in [-0.15, -0.1) is 0 Å². The predicted molar refractivity (Wildman–Crippen MR) is 114 cm³/mol. The lowest BCUT2D eigenvalue weighted by Gasteiger charge is -1.99. The molecule has 1 N–H and O–H groups in total. The summed E-state index contributed by atoms with van der Waals surface area (Å²) in [6.45, 7) is 4.29. The first-order chi connectivity index (χ1) is 12.3. The average molecular weight is 343 g/mol. The number of aliphatic hydroxyl groups is 1. The van der Waals surface area contributed by atoms with Crippen molar-refractivity contribution in [2.45, 2.75) is 78.1 Å². The fraction of sp³-hybridized carbons (Fsp3) is 0.500. The first-order valence-corrected chi connectivity index (χ1v) is 10.0. The Balaban J connectivity index is 3.59. The zero-order valence-corrected chi connectivity index (χ0v) is 16.4. The van der Waals surface area contributed by atoms with E-state index in [0.717, 1.165) is 18.3 Å². The lowest BCUT2D eigenvalue weighted by atomic mass is 10.1. The second-order valence-electron chi connectivity index (χ2n) is 6.26. The van der Waals surface area contributed by atoms with E-state index in [-0.39, 0.29) is 0 Å². The number of rotatable bonds is 15. The van der Waals surface area contributed by atoms with E-state index in [4.69, 9.17) is 5.11 Å². The Bertz CT molecular complexity index is 447. The van der Waals surface area contributed by atoms with E-state index in [1.165, 1.54) is 57.8 Å². The zero-order valence-electron chi connectivity index (χ0n) is 16.4. The Kier molecular flexibility index (Phi) is 18.9. The number of allylic oxidation sites excluding steroid dienone is 11. The highest BCUT2D eigenvalue weighted by Gasteiger charge is 1.89. The topological polar surface area (TPSA) is 20.2 Å². The number of unbranched alkanes of at least 4 members (excludes halogenated alkanes) is 8. The van der Waals surface area contributed by atoms with Gasteiger partial charge in [-0.3, -0.25) is 0 Å². The van der Waals surface area contributed by atoms with Crippen LogP contribution in [-0.4, -0.2) is 5.11 Å². The van der Waals surface area contributed by atoms with Gasteiger partial charge in [-0.05, 0) is 24.8 Å². The lowest BCUT2D eigenvalue weighted by Crippen LogP contribution is -1.79. The van der Waals surface area contributed by atoms with Gasteiger partial charge in [-0.2, -0.15) is 0 Å². The highest BCUT2D eigenvalue weighted by molar-refractivity contribution is 5.23. The average Bonchev–Trinajstić information content (AvgIpc) is 2.64. The molecule has 0 aliphatic carbocycles. The molecule has 0 saturated carbocycles. The smallest absolute Gasteiger partial charge is 0.0823 e. The van der Waals surface area contributed by atoms with Gasteiger partial charge in [0, 0.05) is 0 Å². The minimum Gasteiger partial charge on any atom is -0.515 e. The molecule has 0 aromatic carbocycles. The molecule has 0 heterocycles. The van der Waals surface area contributed by atoms with Gasteiger partial charge >= 0.3 is 0 Å². The molecule has 0 atom stereocenters. The van der Waals surface area contributed by atoms with Crippen LogP contribution in [0.5, 0.6) is 0 Å². The Morgan fingerprint density at radius 2 is 1.16 bits per heavy atom. The van der Waals surface area contributed by atoms with Crippen LogP contribution in [0.4, 0.5) is 0 Å². The van der Waals surface area contributed by atoms with Crippen molar-refractivity contribution in [1.29, 1.82) is 0 Å². The number of aliphatic hydroxyl groups excluding tert-OH is 1. The van der Waals surface area contributed by atoms with Gasteiger partial charge in [-0.1, -0.05) is 120 Å². The molecule has 0 aromatic rings. The Morgan fingerprint density at radius 1 is 0.640 bits per heavy atom. The Hall–Kier alpha value is -1.76. The number of hydrogen-bond acceptors (Lipinski definition) is 1. The van der Waals surface area contributed by atoms with Crippen molar-refractivity contribution < 1.29 is 5.11 Å². The summed E-state index contributed by atoms with van der Waals surface area (Å²) < 4.78 is 0. The summed E-state index contributed by atoms with van der Waals surface area (Å²) in [6, 6.07) is 0. The van der Waals surface area contributed by atoms with E-state index >= 15 is 0 Å². The highest BCUT2D eigenvalue weighted by Crippen LogP contribution is 2.09. The molecule has 0 amide bonds. The van der Waals surface area contributed by atoms with E-state index in [9.17, 15) is 0 Å². The molecule has 0 aliphatic heterocycles. The molecule has 0 fully saturated rings. The third-order valence-corrected chi connectivity index (χ3v) is 4.02. The summed E-state index contributed by atoms with van der Waals surface area (Å²) >= 11 is 0. The van der Waals surface area contributed by atoms with Crippen molar-refractivity contribution in [2.75, 3.05) is 0 Å². The highest BCUT2D eigenvalue weighted by atomic mass is 16.2. The maximum absolute atomic E-state index is 8.90. The molecule has 0 saturated heterocycles. The van der Waals surface area contributed by atoms with Crippen LogP contribution >= 0.6 is 0 Å². The van der Waals surface area contributed by atoms with Gasteiger partial charge in [0.25, 0.3) is 0 Å². The van der Waals surface area contributed by atoms with Crippen LogP contribution in [-0.2, 0) is 0 Å². The fourth-order valence-electron chi connectivity index (χ4n) is 2.39. The van der Waals surface area contributed by atoms with Crippen molar-refractivity contribution in [3.05, 3.63) is 72.6 Å². The van der Waals surface area contributed by atoms with Crippen LogP contribution in [0.3, 0.4) is 0 Å². The van der Waals surface area contributed by atoms with Crippen LogP contribution in [0.15, 0.2) is 72.6 Å². The Morgan fingerprint density at radius 3 is 1.72 bits per heavy atom. The van der Waals surface area contributed by atoms with E-state index in [0.29, 0.717) is 0 Å². The second-order valence-corrected chi connectivity index (χ2v) is 6.26. The second kappa shape index (κ2) is 20.3. The molecule has 0 radical (unpaired) electrons. The van der Waals surface area contributed by atoms with Crippen LogP contribution in [0.1, 0.15) is 78.1 Å². The minimum absolute atomic E-state index is 0.838. The first-order valence-electron chi connectivity index (χ1n) is 10.0. The largest absolute Gasteiger partial charge is 0.515 e. The molecule has 0 unspecified atom stereocenters. The third kappa shape index (κ3) is 18.4. The lowest BCUT2D eigenvalue weighted by molar-refractivity contribution is 0.467. The van der Waals surface area contributed by atoms with Crippen LogP contribution in [0, 0.1) is 0 Å². The van der Waals surface area contributed by atoms with Crippen LogP contribution in [0.25, 0.3) is 0 Å². The van der Waals surface area contributed by atoms with Gasteiger partial charge in [0.1, 0.15) is 0 Å². The van der Waals surface area contributed by atoms with Gasteiger partial charge in [-0.25, -0.2) is 0 Å². The molecule has 0 spiro atoms. The molecule has 0 rings (SSSR count). The standard InChI is InChI=1S/C24H38O/c1-3-5-6-7-8-9-10-11-12-13-14-15-16-17-18-19-20-21-22-24(4-2)23-25/h13-23,25H,3-12H2,1-2H3. The summed E-state index contributed by atoms with van der Waals surface area (Å²) in [5, 5.41) is 8.90. The summed E-state index contributed by atoms with van der Waals surface area (Å²) in [6.07, 6.45) is 34.6. The van der Waals surface area contributed by atoms with E-state index in [1.54, 1.807) is 0 Å². The van der Waals surface area contributed by atoms with Crippen molar-refractivity contribution in [1.82, 2.24) is 0 Å². The SMILES string of the molecule is CCCCCCCCCCC=CC=CC=CC=CC=CC(=CO)CC. The molecule has 1 nitrogen and oxygen atoms in total. The molecule has 0 aliphatic rings. The molecular weight excluding hydrogens is 304 g/mol. The molecule has 140 valence electrons. The maximum Gasteiger partial charge on any atom is 0.0823 e. The monoisotopic (exact) mass is 342 g/mol. The normalized spacial score (nSPS) is 13.6. The minimum atomic E-state index is 0.838. The summed E-state index contributed by atoms with van der Waals surface area (Å²) in [5.74, 6) is 0. The fourth-order valence-corrected chi connectivity index (χ4v) is 2.39. The van der Waals surface area contributed by atoms with Gasteiger partial charge in [0.2, 0.25) is 0 Å². The van der Waals surface area contributed by atoms with Gasteiger partial charge in [0.05, 0.1) is 6.26 Å². The van der Waals surface area contributed by atoms with Crippen molar-refractivity contribution in [2.24, 2.45) is 0 Å². The van der Waals surface area contributed by atoms with E-state index in [1.807, 2.05) is 49.5 Å². The maximum atomic E-state index is 8.90. The zero-order chi connectivity index (χ0) is 18.4. The molecule has 25 heavy (non-hydrogen) atoms. The summed E-state index contributed by atoms with van der Waals surface area (Å²) in [4.78, 5) is 0. The van der Waals surface area contributed by atoms with E-state index in [2.05, 4.69) is 25.2 Å². The first kappa shape index (κ1) is 23.2. The van der Waals surface area contributed by atoms with Gasteiger partial charge < -0.3 is 5.11 Å². The van der Waals surface area contributed by atoms with Crippen LogP contribution < -0.4 is 0 Å². The van der Waals surface area contributed by atoms with Crippen molar-refractivity contribution >= 4 is 0 Å². The quantitative estimate of drug-likeness (QED) is 0.181. The summed E-state index contributed by atoms with van der Waals surface area (Å²) in [7, 11) is 0. The van der Waals surface area contributed by atoms with Crippen LogP contribution in [0.2, 0.25) is 0 Å². The number of hydrogen-bond donors (Lipinski definition) is 1. The molecule has 0 aromatic heterocycles. The van der Waals surface area contributed by atoms with Crippen molar-refractivity contribution in [3.8, 4) is 0 Å². The Labute approximate surface area is 156 Å². The molecular formula is C24H38O. The van der Waals surface area contributed by atoms with Crippen molar-refractivity contribution in [3.63, 3.8) is 0 Å². The van der Waals surface area contributed by atoms with Gasteiger partial charge in [0.15, 0.2) is 0 Å². The van der Waals surface area contributed by atoms with E-state index < -0.39 is 0 Å². The predicted octanol–water partition coefficient (Wildman–Crippen LogP) is 8.15. The summed E-state index contributed by atoms with van der Waals surface area (Å²) in [5.41, 5.74) is 0.926.